The minimum absolute atomic E-state index is 0.143. The zero-order chi connectivity index (χ0) is 24.9. The van der Waals surface area contributed by atoms with Gasteiger partial charge in [0.15, 0.2) is 11.0 Å². The summed E-state index contributed by atoms with van der Waals surface area (Å²) in [4.78, 5) is 27.0. The molecule has 0 bridgehead atoms. The summed E-state index contributed by atoms with van der Waals surface area (Å²) >= 11 is 2.81. The van der Waals surface area contributed by atoms with E-state index in [0.29, 0.717) is 22.3 Å². The fraction of sp³-hybridized carbons (Fsp3) is 0.385. The summed E-state index contributed by atoms with van der Waals surface area (Å²) < 4.78 is 7.45. The lowest BCUT2D eigenvalue weighted by Crippen LogP contribution is -2.19. The Kier molecular flexibility index (Phi) is 8.07. The molecule has 1 N–H and O–H groups in total. The topological polar surface area (TPSA) is 86.1 Å². The maximum absolute atomic E-state index is 12.9. The van der Waals surface area contributed by atoms with E-state index in [1.54, 1.807) is 6.08 Å². The van der Waals surface area contributed by atoms with Gasteiger partial charge >= 0.3 is 5.97 Å². The molecule has 0 spiro atoms. The summed E-state index contributed by atoms with van der Waals surface area (Å²) in [6, 6.07) is 8.00. The molecular formula is C26H30N4O3S2. The van der Waals surface area contributed by atoms with Crippen molar-refractivity contribution in [1.29, 1.82) is 0 Å². The van der Waals surface area contributed by atoms with Crippen molar-refractivity contribution in [2.24, 2.45) is 0 Å². The van der Waals surface area contributed by atoms with Crippen LogP contribution in [0.5, 0.6) is 0 Å². The molecule has 1 amide bonds. The number of allylic oxidation sites excluding steroid dienone is 1. The molecule has 7 nitrogen and oxygen atoms in total. The first-order valence-corrected chi connectivity index (χ1v) is 13.6. The van der Waals surface area contributed by atoms with Gasteiger partial charge < -0.3 is 10.1 Å². The van der Waals surface area contributed by atoms with E-state index in [9.17, 15) is 9.59 Å². The van der Waals surface area contributed by atoms with Crippen LogP contribution in [0, 0.1) is 6.92 Å². The number of nitrogens with one attached hydrogen (secondary N) is 1. The largest absolute Gasteiger partial charge is 0.459 e. The first-order valence-electron chi connectivity index (χ1n) is 11.8. The lowest BCUT2D eigenvalue weighted by atomic mass is 9.95. The Morgan fingerprint density at radius 1 is 1.26 bits per heavy atom. The number of carbonyl (C=O) groups is 2. The van der Waals surface area contributed by atoms with Crippen LogP contribution in [0.1, 0.15) is 53.1 Å². The van der Waals surface area contributed by atoms with Gasteiger partial charge in [0.2, 0.25) is 5.91 Å². The molecule has 0 unspecified atom stereocenters. The molecule has 3 aromatic rings. The molecule has 2 aromatic heterocycles. The summed E-state index contributed by atoms with van der Waals surface area (Å²) in [5.74, 6) is 0.328. The lowest BCUT2D eigenvalue weighted by molar-refractivity contribution is -0.113. The molecular weight excluding hydrogens is 480 g/mol. The minimum Gasteiger partial charge on any atom is -0.459 e. The molecule has 35 heavy (non-hydrogen) atoms. The van der Waals surface area contributed by atoms with Gasteiger partial charge in [0.1, 0.15) is 5.00 Å². The van der Waals surface area contributed by atoms with Crippen LogP contribution in [-0.4, -0.2) is 38.5 Å². The smallest absolute Gasteiger partial charge is 0.341 e. The van der Waals surface area contributed by atoms with E-state index in [4.69, 9.17) is 4.74 Å². The molecule has 2 heterocycles. The van der Waals surface area contributed by atoms with Crippen LogP contribution < -0.4 is 5.32 Å². The Morgan fingerprint density at radius 2 is 2.03 bits per heavy atom. The van der Waals surface area contributed by atoms with Gasteiger partial charge in [-0.15, -0.1) is 28.1 Å². The Bertz CT molecular complexity index is 1250. The van der Waals surface area contributed by atoms with Crippen molar-refractivity contribution in [3.05, 3.63) is 58.5 Å². The number of ether oxygens (including phenoxy) is 1. The molecule has 1 aliphatic rings. The summed E-state index contributed by atoms with van der Waals surface area (Å²) in [5.41, 5.74) is 3.65. The third kappa shape index (κ3) is 5.67. The average Bonchev–Trinajstić information content (AvgIpc) is 3.38. The number of carbonyl (C=O) groups excluding carboxylic acids is 2. The number of benzene rings is 1. The summed E-state index contributed by atoms with van der Waals surface area (Å²) in [6.45, 7) is 10.1. The van der Waals surface area contributed by atoms with E-state index in [2.05, 4.69) is 22.1 Å². The quantitative estimate of drug-likeness (QED) is 0.227. The Morgan fingerprint density at radius 3 is 2.77 bits per heavy atom. The number of hydrogen-bond donors (Lipinski definition) is 1. The van der Waals surface area contributed by atoms with Gasteiger partial charge in [-0.2, -0.15) is 0 Å². The van der Waals surface area contributed by atoms with Crippen LogP contribution in [0.4, 0.5) is 5.00 Å². The van der Waals surface area contributed by atoms with Crippen LogP contribution in [-0.2, 0) is 28.9 Å². The summed E-state index contributed by atoms with van der Waals surface area (Å²) in [7, 11) is 0. The van der Waals surface area contributed by atoms with Crippen molar-refractivity contribution in [3.63, 3.8) is 0 Å². The number of esters is 1. The molecule has 0 saturated carbocycles. The molecule has 0 aliphatic heterocycles. The molecule has 9 heteroatoms. The monoisotopic (exact) mass is 510 g/mol. The van der Waals surface area contributed by atoms with Crippen molar-refractivity contribution in [2.75, 3.05) is 11.1 Å². The standard InChI is InChI=1S/C26H30N4O3S2/c1-5-14-30-23(18-11-7-6-10-17(18)4)28-29-26(30)34-15-21(31)27-24-22(25(32)33-16(2)3)19-12-8-9-13-20(19)35-24/h5-7,10-11,16H,1,8-9,12-15H2,2-4H3,(H,27,31). The van der Waals surface area contributed by atoms with Gasteiger partial charge in [0.25, 0.3) is 0 Å². The van der Waals surface area contributed by atoms with Crippen LogP contribution in [0.3, 0.4) is 0 Å². The minimum atomic E-state index is -0.365. The zero-order valence-corrected chi connectivity index (χ0v) is 21.9. The molecule has 0 fully saturated rings. The number of hydrogen-bond acceptors (Lipinski definition) is 7. The predicted octanol–water partition coefficient (Wildman–Crippen LogP) is 5.68. The Hall–Kier alpha value is -2.91. The first kappa shape index (κ1) is 25.2. The summed E-state index contributed by atoms with van der Waals surface area (Å²) in [5, 5.41) is 12.9. The second kappa shape index (κ2) is 11.2. The number of anilines is 1. The van der Waals surface area contributed by atoms with Crippen LogP contribution in [0.15, 0.2) is 42.1 Å². The number of aryl methyl sites for hydroxylation is 2. The van der Waals surface area contributed by atoms with Crippen LogP contribution in [0.2, 0.25) is 0 Å². The Balaban J connectivity index is 1.51. The number of thioether (sulfide) groups is 1. The molecule has 0 saturated heterocycles. The van der Waals surface area contributed by atoms with Gasteiger partial charge in [-0.3, -0.25) is 9.36 Å². The van der Waals surface area contributed by atoms with Crippen molar-refractivity contribution < 1.29 is 14.3 Å². The SMILES string of the molecule is C=CCn1c(SCC(=O)Nc2sc3c(c2C(=O)OC(C)C)CCCC3)nnc1-c1ccccc1C. The highest BCUT2D eigenvalue weighted by atomic mass is 32.2. The summed E-state index contributed by atoms with van der Waals surface area (Å²) in [6.07, 6.45) is 5.47. The molecule has 0 radical (unpaired) electrons. The van der Waals surface area contributed by atoms with Crippen molar-refractivity contribution >= 4 is 40.0 Å². The van der Waals surface area contributed by atoms with E-state index in [0.717, 1.165) is 48.2 Å². The third-order valence-corrected chi connectivity index (χ3v) is 7.89. The van der Waals surface area contributed by atoms with Gasteiger partial charge in [-0.1, -0.05) is 42.1 Å². The molecule has 0 atom stereocenters. The molecule has 1 aliphatic carbocycles. The van der Waals surface area contributed by atoms with E-state index < -0.39 is 0 Å². The lowest BCUT2D eigenvalue weighted by Gasteiger charge is -2.14. The second-order valence-electron chi connectivity index (χ2n) is 8.73. The highest BCUT2D eigenvalue weighted by molar-refractivity contribution is 7.99. The Labute approximate surface area is 214 Å². The zero-order valence-electron chi connectivity index (χ0n) is 20.3. The van der Waals surface area contributed by atoms with Gasteiger partial charge in [0, 0.05) is 17.0 Å². The second-order valence-corrected chi connectivity index (χ2v) is 10.8. The predicted molar refractivity (Wildman–Crippen MR) is 141 cm³/mol. The first-order chi connectivity index (χ1) is 16.9. The van der Waals surface area contributed by atoms with Crippen LogP contribution in [0.25, 0.3) is 11.4 Å². The van der Waals surface area contributed by atoms with E-state index in [-0.39, 0.29) is 23.7 Å². The highest BCUT2D eigenvalue weighted by Gasteiger charge is 2.28. The number of fused-ring (bicyclic) bond motifs is 1. The maximum atomic E-state index is 12.9. The maximum Gasteiger partial charge on any atom is 0.341 e. The van der Waals surface area contributed by atoms with Gasteiger partial charge in [-0.05, 0) is 57.6 Å². The number of aromatic nitrogens is 3. The number of nitrogens with zero attached hydrogens (tertiary/aromatic N) is 3. The fourth-order valence-corrected chi connectivity index (χ4v) is 6.19. The number of amides is 1. The molecule has 184 valence electrons. The van der Waals surface area contributed by atoms with Gasteiger partial charge in [-0.25, -0.2) is 4.79 Å². The highest BCUT2D eigenvalue weighted by Crippen LogP contribution is 2.39. The van der Waals surface area contributed by atoms with Gasteiger partial charge in [0.05, 0.1) is 17.4 Å². The van der Waals surface area contributed by atoms with E-state index in [1.165, 1.54) is 28.0 Å². The van der Waals surface area contributed by atoms with Crippen LogP contribution >= 0.6 is 23.1 Å². The van der Waals surface area contributed by atoms with Crippen molar-refractivity contribution in [1.82, 2.24) is 14.8 Å². The van der Waals surface area contributed by atoms with Crippen molar-refractivity contribution in [2.45, 2.75) is 64.3 Å². The number of rotatable bonds is 9. The third-order valence-electron chi connectivity index (χ3n) is 5.72. The van der Waals surface area contributed by atoms with E-state index in [1.807, 2.05) is 49.6 Å². The van der Waals surface area contributed by atoms with Crippen molar-refractivity contribution in [3.8, 4) is 11.4 Å². The number of thiophene rings is 1. The fourth-order valence-electron chi connectivity index (χ4n) is 4.15. The molecule has 1 aromatic carbocycles. The van der Waals surface area contributed by atoms with E-state index >= 15 is 0 Å². The average molecular weight is 511 g/mol. The molecule has 4 rings (SSSR count). The normalized spacial score (nSPS) is 12.9.